The number of carbonyl (C=O) groups excluding carboxylic acids is 2. The molecule has 0 saturated heterocycles. The van der Waals surface area contributed by atoms with E-state index in [1.165, 1.54) is 0 Å². The van der Waals surface area contributed by atoms with Crippen LogP contribution < -0.4 is 16.8 Å². The second-order valence-corrected chi connectivity index (χ2v) is 4.78. The van der Waals surface area contributed by atoms with Crippen molar-refractivity contribution >= 4 is 29.0 Å². The summed E-state index contributed by atoms with van der Waals surface area (Å²) in [7, 11) is 0. The van der Waals surface area contributed by atoms with Crippen molar-refractivity contribution in [3.05, 3.63) is 0 Å². The van der Waals surface area contributed by atoms with Crippen LogP contribution in [0.4, 0.5) is 0 Å². The summed E-state index contributed by atoms with van der Waals surface area (Å²) in [6, 6.07) is -0.281. The molecule has 1 saturated carbocycles. The van der Waals surface area contributed by atoms with E-state index in [1.807, 2.05) is 0 Å². The van der Waals surface area contributed by atoms with Gasteiger partial charge >= 0.3 is 0 Å². The molecular formula is C10H17N3O2S. The maximum absolute atomic E-state index is 11.9. The Morgan fingerprint density at radius 3 is 2.31 bits per heavy atom. The van der Waals surface area contributed by atoms with Gasteiger partial charge in [-0.3, -0.25) is 9.59 Å². The summed E-state index contributed by atoms with van der Waals surface area (Å²) < 4.78 is 0. The van der Waals surface area contributed by atoms with Crippen molar-refractivity contribution in [1.82, 2.24) is 5.32 Å². The minimum Gasteiger partial charge on any atom is -0.392 e. The Hall–Kier alpha value is -1.17. The van der Waals surface area contributed by atoms with E-state index in [1.54, 1.807) is 6.92 Å². The first-order valence-electron chi connectivity index (χ1n) is 5.27. The van der Waals surface area contributed by atoms with Crippen LogP contribution in [0.5, 0.6) is 0 Å². The number of rotatable bonds is 5. The van der Waals surface area contributed by atoms with Crippen LogP contribution in [0.3, 0.4) is 0 Å². The van der Waals surface area contributed by atoms with Gasteiger partial charge in [0, 0.05) is 12.5 Å². The minimum atomic E-state index is -0.693. The van der Waals surface area contributed by atoms with Crippen LogP contribution in [0.1, 0.15) is 32.6 Å². The Labute approximate surface area is 99.9 Å². The van der Waals surface area contributed by atoms with Crippen LogP contribution in [-0.4, -0.2) is 22.8 Å². The highest BCUT2D eigenvalue weighted by atomic mass is 32.1. The monoisotopic (exact) mass is 243 g/mol. The summed E-state index contributed by atoms with van der Waals surface area (Å²) in [6.07, 6.45) is 2.46. The van der Waals surface area contributed by atoms with E-state index >= 15 is 0 Å². The SMILES string of the molecule is CC(CC(N)=O)NC(=O)C1(C(N)=S)CCC1. The summed E-state index contributed by atoms with van der Waals surface area (Å²) in [5.41, 5.74) is 9.94. The molecule has 0 radical (unpaired) electrons. The van der Waals surface area contributed by atoms with E-state index in [0.717, 1.165) is 6.42 Å². The number of amides is 2. The number of carbonyl (C=O) groups is 2. The zero-order valence-corrected chi connectivity index (χ0v) is 10.1. The van der Waals surface area contributed by atoms with Crippen LogP contribution in [0.25, 0.3) is 0 Å². The number of hydrogen-bond donors (Lipinski definition) is 3. The Morgan fingerprint density at radius 1 is 1.44 bits per heavy atom. The van der Waals surface area contributed by atoms with Gasteiger partial charge in [-0.15, -0.1) is 0 Å². The highest BCUT2D eigenvalue weighted by Crippen LogP contribution is 2.41. The summed E-state index contributed by atoms with van der Waals surface area (Å²) in [5.74, 6) is -0.620. The summed E-state index contributed by atoms with van der Waals surface area (Å²) >= 11 is 4.92. The van der Waals surface area contributed by atoms with Crippen LogP contribution >= 0.6 is 12.2 Å². The van der Waals surface area contributed by atoms with Gasteiger partial charge in [0.25, 0.3) is 0 Å². The number of thiocarbonyl (C=S) groups is 1. The average molecular weight is 243 g/mol. The lowest BCUT2D eigenvalue weighted by atomic mass is 9.68. The summed E-state index contributed by atoms with van der Waals surface area (Å²) in [4.78, 5) is 22.9. The largest absolute Gasteiger partial charge is 0.392 e. The van der Waals surface area contributed by atoms with Gasteiger partial charge in [0.2, 0.25) is 11.8 Å². The highest BCUT2D eigenvalue weighted by Gasteiger charge is 2.47. The number of hydrogen-bond acceptors (Lipinski definition) is 3. The fourth-order valence-electron chi connectivity index (χ4n) is 1.83. The first-order chi connectivity index (χ1) is 7.38. The number of primary amides is 1. The quantitative estimate of drug-likeness (QED) is 0.583. The maximum Gasteiger partial charge on any atom is 0.233 e. The normalized spacial score (nSPS) is 19.3. The molecule has 1 aliphatic carbocycles. The second kappa shape index (κ2) is 4.78. The molecule has 5 N–H and O–H groups in total. The predicted octanol–water partition coefficient (Wildman–Crippen LogP) is -0.177. The van der Waals surface area contributed by atoms with Crippen molar-refractivity contribution in [1.29, 1.82) is 0 Å². The second-order valence-electron chi connectivity index (χ2n) is 4.34. The van der Waals surface area contributed by atoms with Crippen molar-refractivity contribution < 1.29 is 9.59 Å². The third kappa shape index (κ3) is 2.49. The molecule has 0 aromatic carbocycles. The van der Waals surface area contributed by atoms with Crippen molar-refractivity contribution in [2.24, 2.45) is 16.9 Å². The zero-order valence-electron chi connectivity index (χ0n) is 9.29. The topological polar surface area (TPSA) is 98.2 Å². The molecule has 0 bridgehead atoms. The molecule has 1 unspecified atom stereocenters. The molecule has 0 heterocycles. The van der Waals surface area contributed by atoms with Crippen LogP contribution in [0.15, 0.2) is 0 Å². The van der Waals surface area contributed by atoms with Crippen LogP contribution in [-0.2, 0) is 9.59 Å². The number of nitrogens with two attached hydrogens (primary N) is 2. The van der Waals surface area contributed by atoms with Crippen molar-refractivity contribution in [2.75, 3.05) is 0 Å². The van der Waals surface area contributed by atoms with Gasteiger partial charge in [-0.25, -0.2) is 0 Å². The molecule has 1 aliphatic rings. The van der Waals surface area contributed by atoms with E-state index in [-0.39, 0.29) is 23.4 Å². The lowest BCUT2D eigenvalue weighted by Crippen LogP contribution is -2.55. The Morgan fingerprint density at radius 2 is 2.00 bits per heavy atom. The molecule has 90 valence electrons. The molecule has 0 spiro atoms. The summed E-state index contributed by atoms with van der Waals surface area (Å²) in [6.45, 7) is 1.73. The van der Waals surface area contributed by atoms with E-state index in [0.29, 0.717) is 12.8 Å². The molecule has 2 amide bonds. The summed E-state index contributed by atoms with van der Waals surface area (Å²) in [5, 5.41) is 2.73. The molecule has 1 atom stereocenters. The van der Waals surface area contributed by atoms with Gasteiger partial charge in [-0.1, -0.05) is 18.6 Å². The fraction of sp³-hybridized carbons (Fsp3) is 0.700. The molecular weight excluding hydrogens is 226 g/mol. The number of nitrogens with one attached hydrogen (secondary N) is 1. The van der Waals surface area contributed by atoms with Crippen molar-refractivity contribution in [2.45, 2.75) is 38.6 Å². The lowest BCUT2D eigenvalue weighted by Gasteiger charge is -2.39. The lowest BCUT2D eigenvalue weighted by molar-refractivity contribution is -0.131. The first kappa shape index (κ1) is 12.9. The Bertz CT molecular complexity index is 326. The average Bonchev–Trinajstić information content (AvgIpc) is 1.97. The zero-order chi connectivity index (χ0) is 12.3. The molecule has 5 nitrogen and oxygen atoms in total. The van der Waals surface area contributed by atoms with Gasteiger partial charge in [0.1, 0.15) is 0 Å². The van der Waals surface area contributed by atoms with E-state index in [4.69, 9.17) is 23.7 Å². The maximum atomic E-state index is 11.9. The van der Waals surface area contributed by atoms with Crippen molar-refractivity contribution in [3.8, 4) is 0 Å². The van der Waals surface area contributed by atoms with Gasteiger partial charge in [-0.05, 0) is 19.8 Å². The molecule has 0 aromatic heterocycles. The van der Waals surface area contributed by atoms with E-state index in [9.17, 15) is 9.59 Å². The molecule has 0 aromatic rings. The van der Waals surface area contributed by atoms with Gasteiger partial charge < -0.3 is 16.8 Å². The third-order valence-corrected chi connectivity index (χ3v) is 3.39. The van der Waals surface area contributed by atoms with Gasteiger partial charge in [-0.2, -0.15) is 0 Å². The molecule has 1 fully saturated rings. The third-order valence-electron chi connectivity index (χ3n) is 3.00. The fourth-order valence-corrected chi connectivity index (χ4v) is 2.13. The predicted molar refractivity (Wildman–Crippen MR) is 64.5 cm³/mol. The molecule has 1 rings (SSSR count). The Kier molecular flexibility index (Phi) is 3.85. The van der Waals surface area contributed by atoms with E-state index in [2.05, 4.69) is 5.32 Å². The van der Waals surface area contributed by atoms with E-state index < -0.39 is 11.3 Å². The van der Waals surface area contributed by atoms with Gasteiger partial charge in [0.15, 0.2) is 0 Å². The molecule has 0 aliphatic heterocycles. The standard InChI is InChI=1S/C10H17N3O2S/c1-6(5-7(11)14)13-9(15)10(8(12)16)3-2-4-10/h6H,2-5H2,1H3,(H2,11,14)(H2,12,16)(H,13,15). The van der Waals surface area contributed by atoms with Gasteiger partial charge in [0.05, 0.1) is 10.4 Å². The van der Waals surface area contributed by atoms with Crippen molar-refractivity contribution in [3.63, 3.8) is 0 Å². The molecule has 6 heteroatoms. The van der Waals surface area contributed by atoms with Crippen LogP contribution in [0.2, 0.25) is 0 Å². The van der Waals surface area contributed by atoms with Crippen LogP contribution in [0, 0.1) is 5.41 Å². The smallest absolute Gasteiger partial charge is 0.233 e. The minimum absolute atomic E-state index is 0.124. The Balaban J connectivity index is 2.57. The first-order valence-corrected chi connectivity index (χ1v) is 5.68. The molecule has 16 heavy (non-hydrogen) atoms. The highest BCUT2D eigenvalue weighted by molar-refractivity contribution is 7.80.